The van der Waals surface area contributed by atoms with Crippen LogP contribution in [0.2, 0.25) is 0 Å². The molecule has 21 heavy (non-hydrogen) atoms. The summed E-state index contributed by atoms with van der Waals surface area (Å²) in [7, 11) is 0. The van der Waals surface area contributed by atoms with Crippen LogP contribution in [0.1, 0.15) is 55.0 Å². The summed E-state index contributed by atoms with van der Waals surface area (Å²) in [5, 5.41) is 3.84. The quantitative estimate of drug-likeness (QED) is 0.835. The third-order valence-corrected chi connectivity index (χ3v) is 4.29. The largest absolute Gasteiger partial charge is 0.305 e. The molecule has 3 rings (SSSR count). The maximum absolute atomic E-state index is 3.84. The van der Waals surface area contributed by atoms with E-state index < -0.39 is 0 Å². The van der Waals surface area contributed by atoms with Gasteiger partial charge in [0, 0.05) is 17.5 Å². The van der Waals surface area contributed by atoms with E-state index in [1.165, 1.54) is 22.3 Å². The Hall–Kier alpha value is -1.60. The maximum atomic E-state index is 3.84. The number of fused-ring (bicyclic) bond motifs is 1. The molecule has 0 saturated carbocycles. The molecule has 0 saturated heterocycles. The van der Waals surface area contributed by atoms with E-state index in [-0.39, 0.29) is 5.54 Å². The molecule has 0 heterocycles. The normalized spacial score (nSPS) is 21.3. The van der Waals surface area contributed by atoms with Crippen molar-refractivity contribution in [3.05, 3.63) is 70.8 Å². The Labute approximate surface area is 128 Å². The first-order chi connectivity index (χ1) is 9.94. The second-order valence-corrected chi connectivity index (χ2v) is 7.30. The van der Waals surface area contributed by atoms with Gasteiger partial charge in [0.2, 0.25) is 0 Å². The third kappa shape index (κ3) is 3.03. The monoisotopic (exact) mass is 279 g/mol. The average molecular weight is 279 g/mol. The highest BCUT2D eigenvalue weighted by Crippen LogP contribution is 2.43. The molecule has 0 fully saturated rings. The van der Waals surface area contributed by atoms with Gasteiger partial charge in [-0.2, -0.15) is 0 Å². The van der Waals surface area contributed by atoms with Crippen LogP contribution in [-0.4, -0.2) is 5.54 Å². The van der Waals surface area contributed by atoms with E-state index in [0.29, 0.717) is 12.0 Å². The van der Waals surface area contributed by atoms with E-state index in [2.05, 4.69) is 81.5 Å². The summed E-state index contributed by atoms with van der Waals surface area (Å²) in [6.07, 6.45) is 1.13. The van der Waals surface area contributed by atoms with Crippen LogP contribution in [0, 0.1) is 6.92 Å². The van der Waals surface area contributed by atoms with Crippen molar-refractivity contribution < 1.29 is 0 Å². The molecule has 2 atom stereocenters. The number of nitrogens with one attached hydrogen (secondary N) is 1. The van der Waals surface area contributed by atoms with Crippen LogP contribution in [0.3, 0.4) is 0 Å². The summed E-state index contributed by atoms with van der Waals surface area (Å²) in [6.45, 7) is 8.94. The first kappa shape index (κ1) is 14.3. The van der Waals surface area contributed by atoms with Crippen molar-refractivity contribution in [2.75, 3.05) is 0 Å². The van der Waals surface area contributed by atoms with Gasteiger partial charge in [-0.15, -0.1) is 0 Å². The molecule has 2 aromatic carbocycles. The molecule has 1 heteroatoms. The van der Waals surface area contributed by atoms with Crippen LogP contribution in [0.15, 0.2) is 48.5 Å². The van der Waals surface area contributed by atoms with E-state index >= 15 is 0 Å². The Morgan fingerprint density at radius 1 is 1.00 bits per heavy atom. The van der Waals surface area contributed by atoms with Gasteiger partial charge >= 0.3 is 0 Å². The zero-order valence-electron chi connectivity index (χ0n) is 13.5. The first-order valence-electron chi connectivity index (χ1n) is 7.86. The van der Waals surface area contributed by atoms with Gasteiger partial charge in [0.15, 0.2) is 0 Å². The van der Waals surface area contributed by atoms with E-state index in [1.807, 2.05) is 0 Å². The van der Waals surface area contributed by atoms with Crippen molar-refractivity contribution >= 4 is 0 Å². The van der Waals surface area contributed by atoms with Gasteiger partial charge in [-0.25, -0.2) is 0 Å². The minimum atomic E-state index is 0.115. The zero-order valence-corrected chi connectivity index (χ0v) is 13.5. The lowest BCUT2D eigenvalue weighted by atomic mass is 9.90. The van der Waals surface area contributed by atoms with Crippen LogP contribution in [-0.2, 0) is 6.42 Å². The van der Waals surface area contributed by atoms with Crippen LogP contribution >= 0.6 is 0 Å². The van der Waals surface area contributed by atoms with Crippen LogP contribution in [0.25, 0.3) is 0 Å². The number of benzene rings is 2. The number of rotatable bonds is 2. The predicted molar refractivity (Wildman–Crippen MR) is 89.7 cm³/mol. The van der Waals surface area contributed by atoms with Crippen molar-refractivity contribution in [2.24, 2.45) is 0 Å². The fourth-order valence-electron chi connectivity index (χ4n) is 3.44. The molecular formula is C20H25N. The van der Waals surface area contributed by atoms with Gasteiger partial charge in [-0.1, -0.05) is 54.1 Å². The Morgan fingerprint density at radius 2 is 1.71 bits per heavy atom. The highest BCUT2D eigenvalue weighted by Gasteiger charge is 2.35. The van der Waals surface area contributed by atoms with Crippen molar-refractivity contribution in [1.82, 2.24) is 5.32 Å². The molecule has 1 N–H and O–H groups in total. The number of hydrogen-bond acceptors (Lipinski definition) is 1. The molecule has 2 aromatic rings. The van der Waals surface area contributed by atoms with Crippen molar-refractivity contribution in [3.63, 3.8) is 0 Å². The zero-order chi connectivity index (χ0) is 15.0. The van der Waals surface area contributed by atoms with Crippen LogP contribution < -0.4 is 5.32 Å². The summed E-state index contributed by atoms with van der Waals surface area (Å²) >= 11 is 0. The lowest BCUT2D eigenvalue weighted by Crippen LogP contribution is -2.40. The molecule has 0 radical (unpaired) electrons. The molecular weight excluding hydrogens is 254 g/mol. The minimum absolute atomic E-state index is 0.115. The van der Waals surface area contributed by atoms with Crippen molar-refractivity contribution in [3.8, 4) is 0 Å². The lowest BCUT2D eigenvalue weighted by molar-refractivity contribution is 0.340. The standard InChI is InChI=1S/C20H25N/c1-14-10-11-17-16(12-14)13-18(15-8-6-5-7-9-15)19(17)21-20(2,3)4/h5-12,18-19,21H,13H2,1-4H3/t18-,19+/m0/s1. The first-order valence-corrected chi connectivity index (χ1v) is 7.86. The summed E-state index contributed by atoms with van der Waals surface area (Å²) in [5.74, 6) is 0.530. The molecule has 1 aliphatic rings. The third-order valence-electron chi connectivity index (χ3n) is 4.29. The fourth-order valence-corrected chi connectivity index (χ4v) is 3.44. The molecule has 110 valence electrons. The van der Waals surface area contributed by atoms with E-state index in [9.17, 15) is 0 Å². The lowest BCUT2D eigenvalue weighted by Gasteiger charge is -2.31. The number of hydrogen-bond donors (Lipinski definition) is 1. The van der Waals surface area contributed by atoms with Gasteiger partial charge < -0.3 is 5.32 Å². The van der Waals surface area contributed by atoms with Gasteiger partial charge in [-0.05, 0) is 50.8 Å². The van der Waals surface area contributed by atoms with Gasteiger partial charge in [0.1, 0.15) is 0 Å². The molecule has 0 amide bonds. The van der Waals surface area contributed by atoms with Crippen LogP contribution in [0.4, 0.5) is 0 Å². The molecule has 0 spiro atoms. The predicted octanol–water partition coefficient (Wildman–Crippen LogP) is 4.76. The molecule has 0 bridgehead atoms. The van der Waals surface area contributed by atoms with Gasteiger partial charge in [0.05, 0.1) is 0 Å². The highest BCUT2D eigenvalue weighted by atomic mass is 15.0. The average Bonchev–Trinajstić information content (AvgIpc) is 2.76. The molecule has 0 aromatic heterocycles. The Balaban J connectivity index is 2.01. The van der Waals surface area contributed by atoms with Crippen molar-refractivity contribution in [1.29, 1.82) is 0 Å². The topological polar surface area (TPSA) is 12.0 Å². The molecule has 1 aliphatic carbocycles. The van der Waals surface area contributed by atoms with E-state index in [0.717, 1.165) is 6.42 Å². The molecule has 0 aliphatic heterocycles. The Bertz CT molecular complexity index is 622. The summed E-state index contributed by atoms with van der Waals surface area (Å²) in [6, 6.07) is 18.2. The van der Waals surface area contributed by atoms with Crippen LogP contribution in [0.5, 0.6) is 0 Å². The molecule has 1 nitrogen and oxygen atoms in total. The fraction of sp³-hybridized carbons (Fsp3) is 0.400. The summed E-state index contributed by atoms with van der Waals surface area (Å²) in [5.41, 5.74) is 5.89. The minimum Gasteiger partial charge on any atom is -0.305 e. The Kier molecular flexibility index (Phi) is 3.62. The second-order valence-electron chi connectivity index (χ2n) is 7.30. The number of aryl methyl sites for hydroxylation is 1. The molecule has 0 unspecified atom stereocenters. The van der Waals surface area contributed by atoms with Gasteiger partial charge in [0.25, 0.3) is 0 Å². The smallest absolute Gasteiger partial charge is 0.0399 e. The van der Waals surface area contributed by atoms with Gasteiger partial charge in [-0.3, -0.25) is 0 Å². The Morgan fingerprint density at radius 3 is 2.38 bits per heavy atom. The second kappa shape index (κ2) is 5.31. The van der Waals surface area contributed by atoms with Crippen molar-refractivity contribution in [2.45, 2.75) is 51.6 Å². The SMILES string of the molecule is Cc1ccc2c(c1)C[C@@H](c1ccccc1)[C@@H]2NC(C)(C)C. The van der Waals surface area contributed by atoms with E-state index in [4.69, 9.17) is 0 Å². The highest BCUT2D eigenvalue weighted by molar-refractivity contribution is 5.43. The maximum Gasteiger partial charge on any atom is 0.0399 e. The van der Waals surface area contributed by atoms with E-state index in [1.54, 1.807) is 0 Å². The summed E-state index contributed by atoms with van der Waals surface area (Å²) < 4.78 is 0. The summed E-state index contributed by atoms with van der Waals surface area (Å²) in [4.78, 5) is 0.